The number of aromatic nitrogens is 5. The molecule has 5 aromatic carbocycles. The van der Waals surface area contributed by atoms with Crippen LogP contribution in [-0.2, 0) is 13.1 Å². The molecule has 0 spiro atoms. The lowest BCUT2D eigenvalue weighted by Gasteiger charge is -2.29. The molecule has 108 heavy (non-hydrogen) atoms. The van der Waals surface area contributed by atoms with Crippen LogP contribution in [0.4, 0.5) is 34.1 Å². The molecule has 3 fully saturated rings. The number of halogens is 3. The van der Waals surface area contributed by atoms with Crippen LogP contribution in [0.1, 0.15) is 91.2 Å². The maximum Gasteiger partial charge on any atom is 0.278 e. The third-order valence-corrected chi connectivity index (χ3v) is 20.0. The fraction of sp³-hybridized carbons (Fsp3) is 0.241. The van der Waals surface area contributed by atoms with E-state index in [-0.39, 0.29) is 21.2 Å². The number of benzene rings is 5. The van der Waals surface area contributed by atoms with E-state index in [1.54, 1.807) is 55.1 Å². The van der Waals surface area contributed by atoms with Gasteiger partial charge in [-0.1, -0.05) is 115 Å². The first-order valence-corrected chi connectivity index (χ1v) is 41.3. The van der Waals surface area contributed by atoms with Crippen LogP contribution in [0.15, 0.2) is 219 Å². The summed E-state index contributed by atoms with van der Waals surface area (Å²) in [5.74, 6) is 5.66. The third kappa shape index (κ3) is 22.8. The highest BCUT2D eigenvalue weighted by Crippen LogP contribution is 2.37. The number of pyridine rings is 5. The van der Waals surface area contributed by atoms with Gasteiger partial charge in [-0.2, -0.15) is 0 Å². The van der Waals surface area contributed by atoms with Crippen LogP contribution < -0.4 is 42.4 Å². The number of hydrogen-bond acceptors (Lipinski definition) is 19. The minimum absolute atomic E-state index is 0.0485. The van der Waals surface area contributed by atoms with E-state index >= 15 is 0 Å². The summed E-state index contributed by atoms with van der Waals surface area (Å²) < 4.78 is 1.11. The molecular formula is C83H86Cl2IN17O4Si. The fourth-order valence-electron chi connectivity index (χ4n) is 12.6. The van der Waals surface area contributed by atoms with Crippen LogP contribution in [0.3, 0.4) is 0 Å². The zero-order valence-corrected chi connectivity index (χ0v) is 65.3. The molecule has 0 atom stereocenters. The molecule has 0 radical (unpaired) electrons. The van der Waals surface area contributed by atoms with Crippen LogP contribution in [0.2, 0.25) is 29.9 Å². The van der Waals surface area contributed by atoms with E-state index in [9.17, 15) is 20.2 Å². The summed E-state index contributed by atoms with van der Waals surface area (Å²) in [6.07, 6.45) is 28.9. The van der Waals surface area contributed by atoms with Crippen molar-refractivity contribution in [3.8, 4) is 57.6 Å². The van der Waals surface area contributed by atoms with Crippen molar-refractivity contribution in [1.82, 2.24) is 56.9 Å². The Morgan fingerprint density at radius 2 is 0.898 bits per heavy atom. The summed E-state index contributed by atoms with van der Waals surface area (Å²) in [5, 5.41) is 28.2. The number of anilines is 4. The average Bonchev–Trinajstić information content (AvgIpc) is 1.07. The number of piperidine rings is 3. The zero-order valence-electron chi connectivity index (χ0n) is 60.6. The Labute approximate surface area is 656 Å². The molecule has 0 unspecified atom stereocenters. The third-order valence-electron chi connectivity index (χ3n) is 18.1. The van der Waals surface area contributed by atoms with Gasteiger partial charge in [0.1, 0.15) is 18.4 Å². The molecule has 5 aromatic heterocycles. The first-order chi connectivity index (χ1) is 52.4. The molecule has 0 saturated carbocycles. The van der Waals surface area contributed by atoms with Gasteiger partial charge in [0, 0.05) is 149 Å². The van der Waals surface area contributed by atoms with Crippen molar-refractivity contribution in [3.63, 3.8) is 0 Å². The molecule has 6 N–H and O–H groups in total. The van der Waals surface area contributed by atoms with Gasteiger partial charge in [-0.15, -0.1) is 23.0 Å². The number of rotatable bonds is 14. The molecule has 0 bridgehead atoms. The highest BCUT2D eigenvalue weighted by molar-refractivity contribution is 14.1. The summed E-state index contributed by atoms with van der Waals surface area (Å²) in [7, 11) is -1.28. The predicted octanol–water partition coefficient (Wildman–Crippen LogP) is 17.5. The van der Waals surface area contributed by atoms with Gasteiger partial charge in [0.15, 0.2) is 0 Å². The molecule has 3 saturated heterocycles. The number of nitrogen functional groups attached to an aromatic ring is 1. The van der Waals surface area contributed by atoms with Crippen molar-refractivity contribution in [2.45, 2.75) is 90.5 Å². The molecule has 5 aliphatic rings. The summed E-state index contributed by atoms with van der Waals surface area (Å²) >= 11 is 13.4. The molecule has 15 rings (SSSR count). The lowest BCUT2D eigenvalue weighted by molar-refractivity contribution is -0.384. The van der Waals surface area contributed by atoms with Gasteiger partial charge in [0.25, 0.3) is 11.4 Å². The molecule has 10 heterocycles. The van der Waals surface area contributed by atoms with E-state index in [1.165, 1.54) is 48.9 Å². The summed E-state index contributed by atoms with van der Waals surface area (Å²) in [6.45, 7) is 14.2. The van der Waals surface area contributed by atoms with Crippen LogP contribution in [0.5, 0.6) is 0 Å². The van der Waals surface area contributed by atoms with Crippen LogP contribution in [0.25, 0.3) is 45.2 Å². The number of nitrogens with zero attached hydrogens (tertiary/aromatic N) is 12. The second kappa shape index (κ2) is 38.6. The van der Waals surface area contributed by atoms with E-state index in [2.05, 4.69) is 182 Å². The van der Waals surface area contributed by atoms with Gasteiger partial charge in [0.05, 0.1) is 62.5 Å². The molecule has 552 valence electrons. The van der Waals surface area contributed by atoms with Crippen LogP contribution >= 0.6 is 45.8 Å². The van der Waals surface area contributed by atoms with Crippen molar-refractivity contribution in [1.29, 1.82) is 0 Å². The van der Waals surface area contributed by atoms with Gasteiger partial charge in [0.2, 0.25) is 0 Å². The Morgan fingerprint density at radius 3 is 1.32 bits per heavy atom. The zero-order chi connectivity index (χ0) is 75.8. The van der Waals surface area contributed by atoms with E-state index in [1.807, 2.05) is 113 Å². The van der Waals surface area contributed by atoms with Gasteiger partial charge in [-0.25, -0.2) is 9.97 Å². The minimum atomic E-state index is -1.28. The minimum Gasteiger partial charge on any atom is -0.398 e. The van der Waals surface area contributed by atoms with Gasteiger partial charge >= 0.3 is 0 Å². The van der Waals surface area contributed by atoms with E-state index < -0.39 is 8.07 Å². The number of nitrogens with two attached hydrogens (primary N) is 1. The maximum absolute atomic E-state index is 11.8. The largest absolute Gasteiger partial charge is 0.398 e. The van der Waals surface area contributed by atoms with Gasteiger partial charge in [-0.3, -0.25) is 45.2 Å². The van der Waals surface area contributed by atoms with Crippen LogP contribution in [0, 0.1) is 47.6 Å². The molecule has 0 amide bonds. The normalized spacial score (nSPS) is 14.5. The Balaban J connectivity index is 0.000000143. The van der Waals surface area contributed by atoms with Gasteiger partial charge < -0.3 is 31.3 Å². The van der Waals surface area contributed by atoms with Crippen molar-refractivity contribution in [2.24, 2.45) is 0 Å². The Hall–Kier alpha value is -10.9. The average molecular weight is 1610 g/mol. The monoisotopic (exact) mass is 1610 g/mol. The summed E-state index contributed by atoms with van der Waals surface area (Å²) in [6, 6.07) is 56.2. The lowest BCUT2D eigenvalue weighted by Crippen LogP contribution is -2.35. The van der Waals surface area contributed by atoms with Crippen molar-refractivity contribution in [3.05, 3.63) is 287 Å². The standard InChI is InChI=1S/C25H26N6O2.C25H28N6.C18H17N3O2.C10H12ClNSi.C5H3ClIN/c32-31(33)25-10-9-21(29-13-5-2-6-14-29)16-22(25)23-15-20(11-12-26-23)24-18-30(28-27-24)17-19-7-3-1-4-8-19;26-23-10-9-21(30-13-5-2-6-14-30)16-22(23)24-15-20(11-12-27-24)25-18-31(29-28-25)17-19-7-3-1-4-8-19;1-2-14-8-9-19-17(12-14)16-13-15(6-7-18(16)21(22)23)20-10-4-3-5-11-20;1-13(2,3)7-5-9-4-6-12-10(11)8-9;6-5-3-4(7)1-2-8-5/h1,3-4,7-12,15-16,18,27-28H,2,5-6,13-14,17H2;1,3-4,7-12,15-16,18,28-29H,2,5-6,13-14,17,26H2;1,6-9,12-13H,3-5,10-11H2;4,6,8H,1-3H3;1-3H. The molecule has 21 nitrogen and oxygen atoms in total. The summed E-state index contributed by atoms with van der Waals surface area (Å²) in [4.78, 5) is 50.5. The van der Waals surface area contributed by atoms with Crippen molar-refractivity contribution >= 4 is 99.4 Å². The molecule has 10 aromatic rings. The first kappa shape index (κ1) is 78.2. The van der Waals surface area contributed by atoms with Gasteiger partial charge in [-0.05, 0) is 195 Å². The lowest BCUT2D eigenvalue weighted by atomic mass is 10.0. The number of nitro groups is 2. The molecule has 0 aliphatic carbocycles. The van der Waals surface area contributed by atoms with E-state index in [4.69, 9.17) is 35.4 Å². The number of nitrogens with one attached hydrogen (secondary N) is 4. The predicted molar refractivity (Wildman–Crippen MR) is 447 cm³/mol. The Morgan fingerprint density at radius 1 is 0.491 bits per heavy atom. The topological polar surface area (TPSA) is 241 Å². The highest BCUT2D eigenvalue weighted by Gasteiger charge is 2.25. The SMILES string of the molecule is C#Cc1ccnc(-c2cc(N3CCCCC3)ccc2[N+](=O)[O-])c1.C[Si](C)(C)C#Cc1ccnc(Cl)c1.Clc1cc(I)ccn1.Nc1ccc(N2CCCCC2)cc1-c1cc(C2=CN(Cc3ccccc3)NN2)ccn1.O=[N+]([O-])c1ccc(N2CCCCC2)cc1-c1cc(C2=CN(Cc3ccccc3)NN2)ccn1. The quantitative estimate of drug-likeness (QED) is 0.0129. The second-order valence-electron chi connectivity index (χ2n) is 27.2. The smallest absolute Gasteiger partial charge is 0.278 e. The second-order valence-corrected chi connectivity index (χ2v) is 34.0. The maximum atomic E-state index is 11.8. The number of nitro benzene ring substituents is 2. The molecule has 5 aliphatic heterocycles. The summed E-state index contributed by atoms with van der Waals surface area (Å²) in [5.41, 5.74) is 38.5. The molecule has 25 heteroatoms. The number of terminal acetylenes is 1. The van der Waals surface area contributed by atoms with Crippen LogP contribution in [-0.4, -0.2) is 92.1 Å². The molecular weight excluding hydrogens is 1520 g/mol. The van der Waals surface area contributed by atoms with Crippen molar-refractivity contribution < 1.29 is 9.85 Å². The number of hydrogen-bond donors (Lipinski definition) is 5. The highest BCUT2D eigenvalue weighted by atomic mass is 127. The first-order valence-electron chi connectivity index (χ1n) is 36.0. The Kier molecular flexibility index (Phi) is 27.9. The fourth-order valence-corrected chi connectivity index (χ4v) is 14.1. The number of hydrazine groups is 4. The van der Waals surface area contributed by atoms with E-state index in [0.717, 1.165) is 131 Å². The van der Waals surface area contributed by atoms with Crippen molar-refractivity contribution in [2.75, 3.05) is 59.7 Å². The Bertz CT molecular complexity index is 4880. The van der Waals surface area contributed by atoms with E-state index in [0.29, 0.717) is 44.9 Å².